The molecule has 1 heterocycles. The number of rotatable bonds is 6. The van der Waals surface area contributed by atoms with Gasteiger partial charge in [0, 0.05) is 22.5 Å². The van der Waals surface area contributed by atoms with E-state index in [1.54, 1.807) is 36.5 Å². The quantitative estimate of drug-likeness (QED) is 0.548. The second kappa shape index (κ2) is 8.73. The third kappa shape index (κ3) is 5.11. The van der Waals surface area contributed by atoms with Gasteiger partial charge in [-0.15, -0.1) is 11.3 Å². The Bertz CT molecular complexity index is 930. The van der Waals surface area contributed by atoms with E-state index in [1.165, 1.54) is 11.3 Å². The minimum Gasteiger partial charge on any atom is -0.484 e. The molecule has 0 radical (unpaired) electrons. The maximum atomic E-state index is 12.0. The number of amides is 1. The summed E-state index contributed by atoms with van der Waals surface area (Å²) in [5.41, 5.74) is 0.907. The summed E-state index contributed by atoms with van der Waals surface area (Å²) in [5, 5.41) is 4.80. The maximum Gasteiger partial charge on any atom is 0.264 e. The number of hydrogen-bond acceptors (Lipinski definition) is 4. The molecule has 26 heavy (non-hydrogen) atoms. The average Bonchev–Trinajstić information content (AvgIpc) is 3.04. The van der Waals surface area contributed by atoms with Crippen LogP contribution in [-0.4, -0.2) is 17.5 Å². The summed E-state index contributed by atoms with van der Waals surface area (Å²) < 4.78 is 5.40. The van der Waals surface area contributed by atoms with Crippen LogP contribution < -0.4 is 10.1 Å². The van der Waals surface area contributed by atoms with Crippen LogP contribution >= 0.6 is 46.1 Å². The second-order valence-corrected chi connectivity index (χ2v) is 7.65. The molecule has 8 heteroatoms. The molecule has 134 valence electrons. The predicted molar refractivity (Wildman–Crippen MR) is 107 cm³/mol. The first-order chi connectivity index (χ1) is 12.5. The molecule has 3 rings (SSSR count). The first-order valence-electron chi connectivity index (χ1n) is 7.57. The first-order valence-corrected chi connectivity index (χ1v) is 9.52. The molecular weight excluding hydrogens is 415 g/mol. The van der Waals surface area contributed by atoms with E-state index in [1.807, 2.05) is 12.1 Å². The van der Waals surface area contributed by atoms with E-state index in [2.05, 4.69) is 10.3 Å². The lowest BCUT2D eigenvalue weighted by atomic mass is 10.1. The number of halogens is 3. The lowest BCUT2D eigenvalue weighted by Crippen LogP contribution is -2.19. The van der Waals surface area contributed by atoms with Crippen molar-refractivity contribution in [3.8, 4) is 5.75 Å². The SMILES string of the molecule is O=C(COc1cccc(Cl)c1)Nc1ncc(Cc2cccc(Cl)c2Cl)s1. The highest BCUT2D eigenvalue weighted by Crippen LogP contribution is 2.29. The third-order valence-electron chi connectivity index (χ3n) is 3.36. The number of benzene rings is 2. The topological polar surface area (TPSA) is 51.2 Å². The number of carbonyl (C=O) groups is 1. The van der Waals surface area contributed by atoms with Crippen LogP contribution in [0.2, 0.25) is 15.1 Å². The normalized spacial score (nSPS) is 10.6. The predicted octanol–water partition coefficient (Wildman–Crippen LogP) is 5.71. The number of nitrogens with one attached hydrogen (secondary N) is 1. The monoisotopic (exact) mass is 426 g/mol. The Kier molecular flexibility index (Phi) is 6.38. The Morgan fingerprint density at radius 1 is 1.15 bits per heavy atom. The molecule has 0 fully saturated rings. The van der Waals surface area contributed by atoms with Crippen LogP contribution in [0.15, 0.2) is 48.7 Å². The zero-order chi connectivity index (χ0) is 18.5. The van der Waals surface area contributed by atoms with E-state index in [-0.39, 0.29) is 12.5 Å². The number of carbonyl (C=O) groups excluding carboxylic acids is 1. The second-order valence-electron chi connectivity index (χ2n) is 5.32. The smallest absolute Gasteiger partial charge is 0.264 e. The van der Waals surface area contributed by atoms with E-state index < -0.39 is 0 Å². The van der Waals surface area contributed by atoms with Crippen molar-refractivity contribution < 1.29 is 9.53 Å². The highest BCUT2D eigenvalue weighted by atomic mass is 35.5. The summed E-state index contributed by atoms with van der Waals surface area (Å²) >= 11 is 19.5. The van der Waals surface area contributed by atoms with Crippen molar-refractivity contribution in [1.82, 2.24) is 4.98 Å². The molecule has 0 bridgehead atoms. The molecule has 0 aliphatic rings. The first kappa shape index (κ1) is 19.0. The van der Waals surface area contributed by atoms with E-state index >= 15 is 0 Å². The number of nitrogens with zero attached hydrogens (tertiary/aromatic N) is 1. The Morgan fingerprint density at radius 2 is 1.96 bits per heavy atom. The Morgan fingerprint density at radius 3 is 2.77 bits per heavy atom. The summed E-state index contributed by atoms with van der Waals surface area (Å²) in [4.78, 5) is 17.2. The molecule has 1 N–H and O–H groups in total. The van der Waals surface area contributed by atoms with Crippen molar-refractivity contribution in [2.45, 2.75) is 6.42 Å². The van der Waals surface area contributed by atoms with Gasteiger partial charge in [0.25, 0.3) is 5.91 Å². The van der Waals surface area contributed by atoms with Gasteiger partial charge in [0.05, 0.1) is 10.0 Å². The van der Waals surface area contributed by atoms with E-state index in [0.717, 1.165) is 10.4 Å². The highest BCUT2D eigenvalue weighted by molar-refractivity contribution is 7.15. The molecule has 3 aromatic rings. The molecule has 1 amide bonds. The molecular formula is C18H13Cl3N2O2S. The van der Waals surface area contributed by atoms with Gasteiger partial charge >= 0.3 is 0 Å². The molecule has 1 aromatic heterocycles. The van der Waals surface area contributed by atoms with Crippen molar-refractivity contribution in [2.75, 3.05) is 11.9 Å². The summed E-state index contributed by atoms with van der Waals surface area (Å²) in [6, 6.07) is 12.4. The Hall–Kier alpha value is -1.79. The van der Waals surface area contributed by atoms with Crippen molar-refractivity contribution in [3.05, 3.63) is 74.2 Å². The maximum absolute atomic E-state index is 12.0. The van der Waals surface area contributed by atoms with Gasteiger partial charge in [0.15, 0.2) is 11.7 Å². The van der Waals surface area contributed by atoms with Gasteiger partial charge in [0.2, 0.25) is 0 Å². The van der Waals surface area contributed by atoms with Crippen LogP contribution in [0.4, 0.5) is 5.13 Å². The Balaban J connectivity index is 1.56. The minimum absolute atomic E-state index is 0.130. The molecule has 0 spiro atoms. The highest BCUT2D eigenvalue weighted by Gasteiger charge is 2.10. The van der Waals surface area contributed by atoms with E-state index in [4.69, 9.17) is 39.5 Å². The molecule has 0 aliphatic heterocycles. The summed E-state index contributed by atoms with van der Waals surface area (Å²) in [6.45, 7) is -0.130. The average molecular weight is 428 g/mol. The van der Waals surface area contributed by atoms with Gasteiger partial charge in [-0.1, -0.05) is 53.0 Å². The van der Waals surface area contributed by atoms with Gasteiger partial charge < -0.3 is 4.74 Å². The van der Waals surface area contributed by atoms with Crippen LogP contribution in [0.1, 0.15) is 10.4 Å². The summed E-state index contributed by atoms with van der Waals surface area (Å²) in [5.74, 6) is 0.231. The fourth-order valence-electron chi connectivity index (χ4n) is 2.18. The van der Waals surface area contributed by atoms with E-state index in [9.17, 15) is 4.79 Å². The number of thiazole rings is 1. The number of aromatic nitrogens is 1. The lowest BCUT2D eigenvalue weighted by molar-refractivity contribution is -0.118. The summed E-state index contributed by atoms with van der Waals surface area (Å²) in [6.07, 6.45) is 2.29. The van der Waals surface area contributed by atoms with E-state index in [0.29, 0.717) is 32.4 Å². The molecule has 2 aromatic carbocycles. The van der Waals surface area contributed by atoms with Crippen LogP contribution in [0.5, 0.6) is 5.75 Å². The van der Waals surface area contributed by atoms with Crippen molar-refractivity contribution in [2.24, 2.45) is 0 Å². The van der Waals surface area contributed by atoms with Crippen molar-refractivity contribution in [3.63, 3.8) is 0 Å². The number of anilines is 1. The van der Waals surface area contributed by atoms with Gasteiger partial charge in [0.1, 0.15) is 5.75 Å². The van der Waals surface area contributed by atoms with Gasteiger partial charge in [-0.05, 0) is 29.8 Å². The van der Waals surface area contributed by atoms with Crippen molar-refractivity contribution >= 4 is 57.2 Å². The van der Waals surface area contributed by atoms with Crippen LogP contribution in [0.3, 0.4) is 0 Å². The van der Waals surface area contributed by atoms with Crippen LogP contribution in [0, 0.1) is 0 Å². The van der Waals surface area contributed by atoms with Crippen molar-refractivity contribution in [1.29, 1.82) is 0 Å². The molecule has 0 aliphatic carbocycles. The molecule has 0 saturated heterocycles. The molecule has 0 atom stereocenters. The fraction of sp³-hybridized carbons (Fsp3) is 0.111. The van der Waals surface area contributed by atoms with Gasteiger partial charge in [-0.2, -0.15) is 0 Å². The fourth-order valence-corrected chi connectivity index (χ4v) is 3.60. The minimum atomic E-state index is -0.299. The Labute approximate surface area is 169 Å². The number of hydrogen-bond donors (Lipinski definition) is 1. The van der Waals surface area contributed by atoms with Crippen LogP contribution in [0.25, 0.3) is 0 Å². The lowest BCUT2D eigenvalue weighted by Gasteiger charge is -2.06. The summed E-state index contributed by atoms with van der Waals surface area (Å²) in [7, 11) is 0. The molecule has 0 saturated carbocycles. The van der Waals surface area contributed by atoms with Gasteiger partial charge in [-0.3, -0.25) is 10.1 Å². The standard InChI is InChI=1S/C18H13Cl3N2O2S/c19-12-4-2-5-13(8-12)25-10-16(24)23-18-22-9-14(26-18)7-11-3-1-6-15(20)17(11)21/h1-6,8-9H,7,10H2,(H,22,23,24). The molecule has 4 nitrogen and oxygen atoms in total. The largest absolute Gasteiger partial charge is 0.484 e. The van der Waals surface area contributed by atoms with Crippen LogP contribution in [-0.2, 0) is 11.2 Å². The zero-order valence-corrected chi connectivity index (χ0v) is 16.4. The third-order valence-corrected chi connectivity index (χ3v) is 5.37. The number of ether oxygens (including phenoxy) is 1. The van der Waals surface area contributed by atoms with Gasteiger partial charge in [-0.25, -0.2) is 4.98 Å². The molecule has 0 unspecified atom stereocenters. The zero-order valence-electron chi connectivity index (χ0n) is 13.3.